The molecule has 0 unspecified atom stereocenters. The van der Waals surface area contributed by atoms with Gasteiger partial charge in [-0.3, -0.25) is 4.68 Å². The summed E-state index contributed by atoms with van der Waals surface area (Å²) in [6.45, 7) is 7.92. The lowest BCUT2D eigenvalue weighted by Crippen LogP contribution is -2.32. The van der Waals surface area contributed by atoms with Gasteiger partial charge in [0.05, 0.1) is 17.4 Å². The number of urea groups is 1. The van der Waals surface area contributed by atoms with Crippen molar-refractivity contribution in [3.63, 3.8) is 0 Å². The van der Waals surface area contributed by atoms with Gasteiger partial charge in [-0.15, -0.1) is 0 Å². The molecule has 0 aromatic carbocycles. The third-order valence-electron chi connectivity index (χ3n) is 4.79. The van der Waals surface area contributed by atoms with Crippen LogP contribution < -0.4 is 15.5 Å². The molecule has 3 heterocycles. The molecule has 7 heteroatoms. The molecule has 0 spiro atoms. The highest BCUT2D eigenvalue weighted by Gasteiger charge is 2.20. The SMILES string of the molecule is Cc1nn(C)c(C)c1[C@@H](C)NC(=O)Nc1cccnc1N1CCCC1. The third kappa shape index (κ3) is 3.60. The Balaban J connectivity index is 1.71. The lowest BCUT2D eigenvalue weighted by atomic mass is 10.1. The fourth-order valence-electron chi connectivity index (χ4n) is 3.52. The molecule has 0 radical (unpaired) electrons. The van der Waals surface area contributed by atoms with Crippen LogP contribution >= 0.6 is 0 Å². The number of hydrogen-bond donors (Lipinski definition) is 2. The third-order valence-corrected chi connectivity index (χ3v) is 4.79. The molecule has 1 saturated heterocycles. The van der Waals surface area contributed by atoms with E-state index in [0.29, 0.717) is 0 Å². The van der Waals surface area contributed by atoms with E-state index in [2.05, 4.69) is 25.6 Å². The molecular formula is C18H26N6O. The van der Waals surface area contributed by atoms with Crippen molar-refractivity contribution in [3.05, 3.63) is 35.3 Å². The van der Waals surface area contributed by atoms with Crippen LogP contribution in [0.25, 0.3) is 0 Å². The highest BCUT2D eigenvalue weighted by molar-refractivity contribution is 5.92. The van der Waals surface area contributed by atoms with Crippen molar-refractivity contribution in [1.29, 1.82) is 0 Å². The summed E-state index contributed by atoms with van der Waals surface area (Å²) in [5.74, 6) is 0.844. The van der Waals surface area contributed by atoms with E-state index in [1.54, 1.807) is 6.20 Å². The topological polar surface area (TPSA) is 75.1 Å². The summed E-state index contributed by atoms with van der Waals surface area (Å²) >= 11 is 0. The van der Waals surface area contributed by atoms with E-state index in [4.69, 9.17) is 0 Å². The van der Waals surface area contributed by atoms with Crippen LogP contribution in [-0.4, -0.2) is 33.9 Å². The Labute approximate surface area is 148 Å². The maximum Gasteiger partial charge on any atom is 0.319 e. The summed E-state index contributed by atoms with van der Waals surface area (Å²) < 4.78 is 1.84. The minimum absolute atomic E-state index is 0.124. The second-order valence-electron chi connectivity index (χ2n) is 6.60. The maximum absolute atomic E-state index is 12.5. The molecule has 1 fully saturated rings. The first kappa shape index (κ1) is 17.3. The monoisotopic (exact) mass is 342 g/mol. The van der Waals surface area contributed by atoms with E-state index in [1.807, 2.05) is 44.6 Å². The minimum Gasteiger partial charge on any atom is -0.355 e. The first-order valence-corrected chi connectivity index (χ1v) is 8.75. The first-order chi connectivity index (χ1) is 12.0. The highest BCUT2D eigenvalue weighted by atomic mass is 16.2. The Morgan fingerprint density at radius 1 is 1.28 bits per heavy atom. The summed E-state index contributed by atoms with van der Waals surface area (Å²) in [6, 6.07) is 3.38. The fraction of sp³-hybridized carbons (Fsp3) is 0.500. The van der Waals surface area contributed by atoms with E-state index in [-0.39, 0.29) is 12.1 Å². The summed E-state index contributed by atoms with van der Waals surface area (Å²) in [5.41, 5.74) is 3.80. The van der Waals surface area contributed by atoms with Gasteiger partial charge in [0.15, 0.2) is 5.82 Å². The summed E-state index contributed by atoms with van der Waals surface area (Å²) in [5, 5.41) is 10.4. The minimum atomic E-state index is -0.233. The summed E-state index contributed by atoms with van der Waals surface area (Å²) in [4.78, 5) is 19.2. The van der Waals surface area contributed by atoms with Gasteiger partial charge in [-0.05, 0) is 45.7 Å². The Bertz CT molecular complexity index is 763. The lowest BCUT2D eigenvalue weighted by molar-refractivity contribution is 0.249. The van der Waals surface area contributed by atoms with Crippen LogP contribution in [0.1, 0.15) is 42.8 Å². The van der Waals surface area contributed by atoms with Crippen molar-refractivity contribution in [2.75, 3.05) is 23.3 Å². The van der Waals surface area contributed by atoms with Crippen LogP contribution in [0.3, 0.4) is 0 Å². The zero-order valence-electron chi connectivity index (χ0n) is 15.3. The second kappa shape index (κ2) is 7.13. The van der Waals surface area contributed by atoms with Gasteiger partial charge in [-0.2, -0.15) is 5.10 Å². The molecule has 2 amide bonds. The largest absolute Gasteiger partial charge is 0.355 e. The van der Waals surface area contributed by atoms with E-state index in [9.17, 15) is 4.79 Å². The number of nitrogens with zero attached hydrogens (tertiary/aromatic N) is 4. The lowest BCUT2D eigenvalue weighted by Gasteiger charge is -2.21. The Hall–Kier alpha value is -2.57. The zero-order chi connectivity index (χ0) is 18.0. The molecular weight excluding hydrogens is 316 g/mol. The van der Waals surface area contributed by atoms with Crippen molar-refractivity contribution in [2.24, 2.45) is 7.05 Å². The zero-order valence-corrected chi connectivity index (χ0v) is 15.3. The van der Waals surface area contributed by atoms with E-state index in [0.717, 1.165) is 41.5 Å². The summed E-state index contributed by atoms with van der Waals surface area (Å²) in [7, 11) is 1.91. The van der Waals surface area contributed by atoms with E-state index in [1.165, 1.54) is 12.8 Å². The van der Waals surface area contributed by atoms with Gasteiger partial charge in [-0.25, -0.2) is 9.78 Å². The van der Waals surface area contributed by atoms with E-state index < -0.39 is 0 Å². The van der Waals surface area contributed by atoms with Crippen molar-refractivity contribution in [3.8, 4) is 0 Å². The van der Waals surface area contributed by atoms with Gasteiger partial charge in [0.25, 0.3) is 0 Å². The number of aromatic nitrogens is 3. The standard InChI is InChI=1S/C18H26N6O/c1-12(16-13(2)22-23(4)14(16)3)20-18(25)21-15-8-7-9-19-17(15)24-10-5-6-11-24/h7-9,12H,5-6,10-11H2,1-4H3,(H2,20,21,25)/t12-/m1/s1. The molecule has 2 aromatic heterocycles. The number of amides is 2. The van der Waals surface area contributed by atoms with Gasteiger partial charge in [-0.1, -0.05) is 0 Å². The Kier molecular flexibility index (Phi) is 4.92. The van der Waals surface area contributed by atoms with Crippen LogP contribution in [0.15, 0.2) is 18.3 Å². The maximum atomic E-state index is 12.5. The molecule has 25 heavy (non-hydrogen) atoms. The summed E-state index contributed by atoms with van der Waals surface area (Å²) in [6.07, 6.45) is 4.10. The number of hydrogen-bond acceptors (Lipinski definition) is 4. The van der Waals surface area contributed by atoms with Crippen molar-refractivity contribution in [1.82, 2.24) is 20.1 Å². The Morgan fingerprint density at radius 2 is 2.00 bits per heavy atom. The van der Waals surface area contributed by atoms with Crippen LogP contribution in [0.4, 0.5) is 16.3 Å². The molecule has 0 saturated carbocycles. The smallest absolute Gasteiger partial charge is 0.319 e. The average molecular weight is 342 g/mol. The van der Waals surface area contributed by atoms with Gasteiger partial charge in [0.1, 0.15) is 0 Å². The number of nitrogens with one attached hydrogen (secondary N) is 2. The van der Waals surface area contributed by atoms with Gasteiger partial charge in [0, 0.05) is 37.6 Å². The Morgan fingerprint density at radius 3 is 2.64 bits per heavy atom. The predicted octanol–water partition coefficient (Wildman–Crippen LogP) is 2.91. The average Bonchev–Trinajstić information content (AvgIpc) is 3.17. The molecule has 1 atom stereocenters. The van der Waals surface area contributed by atoms with Gasteiger partial charge >= 0.3 is 6.03 Å². The van der Waals surface area contributed by atoms with Crippen molar-refractivity contribution in [2.45, 2.75) is 39.7 Å². The number of rotatable bonds is 4. The molecule has 2 aromatic rings. The highest BCUT2D eigenvalue weighted by Crippen LogP contribution is 2.26. The van der Waals surface area contributed by atoms with Crippen LogP contribution in [0, 0.1) is 13.8 Å². The fourth-order valence-corrected chi connectivity index (χ4v) is 3.52. The molecule has 1 aliphatic rings. The van der Waals surface area contributed by atoms with Crippen LogP contribution in [-0.2, 0) is 7.05 Å². The first-order valence-electron chi connectivity index (χ1n) is 8.75. The normalized spacial score (nSPS) is 15.3. The molecule has 0 bridgehead atoms. The van der Waals surface area contributed by atoms with E-state index >= 15 is 0 Å². The molecule has 3 rings (SSSR count). The van der Waals surface area contributed by atoms with Crippen LogP contribution in [0.5, 0.6) is 0 Å². The number of pyridine rings is 1. The van der Waals surface area contributed by atoms with Gasteiger partial charge < -0.3 is 15.5 Å². The molecule has 7 nitrogen and oxygen atoms in total. The van der Waals surface area contributed by atoms with Crippen molar-refractivity contribution < 1.29 is 4.79 Å². The van der Waals surface area contributed by atoms with Crippen LogP contribution in [0.2, 0.25) is 0 Å². The molecule has 0 aliphatic carbocycles. The number of anilines is 2. The van der Waals surface area contributed by atoms with Gasteiger partial charge in [0.2, 0.25) is 0 Å². The molecule has 1 aliphatic heterocycles. The second-order valence-corrected chi connectivity index (χ2v) is 6.60. The molecule has 134 valence electrons. The number of carbonyl (C=O) groups is 1. The number of carbonyl (C=O) groups excluding carboxylic acids is 1. The quantitative estimate of drug-likeness (QED) is 0.896. The molecule has 2 N–H and O–H groups in total. The number of aryl methyl sites for hydroxylation is 2. The predicted molar refractivity (Wildman–Crippen MR) is 98.9 cm³/mol. The van der Waals surface area contributed by atoms with Crippen molar-refractivity contribution >= 4 is 17.5 Å².